The van der Waals surface area contributed by atoms with E-state index in [2.05, 4.69) is 70.9 Å². The molecule has 45 heavy (non-hydrogen) atoms. The van der Waals surface area contributed by atoms with Gasteiger partial charge in [0.2, 0.25) is 0 Å². The largest absolute Gasteiger partial charge is 0.301 e. The Kier molecular flexibility index (Phi) is 14.4. The van der Waals surface area contributed by atoms with Gasteiger partial charge in [0.15, 0.2) is 0 Å². The number of nitrogens with zero attached hydrogens (tertiary/aromatic N) is 6. The van der Waals surface area contributed by atoms with Crippen LogP contribution in [0.15, 0.2) is 0 Å². The molecule has 0 aromatic heterocycles. The first-order valence-corrected chi connectivity index (χ1v) is 20.2. The van der Waals surface area contributed by atoms with Gasteiger partial charge in [-0.25, -0.2) is 0 Å². The number of likely N-dealkylation sites (tertiary alicyclic amines) is 6. The molecular formula is C39H76N6. The summed E-state index contributed by atoms with van der Waals surface area (Å²) < 4.78 is 0. The summed E-state index contributed by atoms with van der Waals surface area (Å²) in [6.07, 6.45) is 18.4. The fourth-order valence-corrected chi connectivity index (χ4v) is 9.89. The van der Waals surface area contributed by atoms with Gasteiger partial charge in [0, 0.05) is 36.3 Å². The lowest BCUT2D eigenvalue weighted by molar-refractivity contribution is 0.0375. The lowest BCUT2D eigenvalue weighted by atomic mass is 9.91. The third-order valence-corrected chi connectivity index (χ3v) is 13.6. The van der Waals surface area contributed by atoms with Gasteiger partial charge in [0.1, 0.15) is 0 Å². The van der Waals surface area contributed by atoms with Gasteiger partial charge in [-0.15, -0.1) is 0 Å². The van der Waals surface area contributed by atoms with E-state index in [9.17, 15) is 0 Å². The van der Waals surface area contributed by atoms with Crippen molar-refractivity contribution < 1.29 is 0 Å². The number of rotatable bonds is 7. The van der Waals surface area contributed by atoms with Crippen molar-refractivity contribution in [1.29, 1.82) is 0 Å². The second kappa shape index (κ2) is 18.0. The molecule has 6 nitrogen and oxygen atoms in total. The summed E-state index contributed by atoms with van der Waals surface area (Å²) in [5, 5.41) is 0. The van der Waals surface area contributed by atoms with E-state index in [4.69, 9.17) is 0 Å². The summed E-state index contributed by atoms with van der Waals surface area (Å²) >= 11 is 0. The molecule has 0 aromatic carbocycles. The first kappa shape index (κ1) is 36.1. The van der Waals surface area contributed by atoms with Gasteiger partial charge in [-0.05, 0) is 195 Å². The topological polar surface area (TPSA) is 19.4 Å². The summed E-state index contributed by atoms with van der Waals surface area (Å²) in [6, 6.07) is 4.98. The summed E-state index contributed by atoms with van der Waals surface area (Å²) in [4.78, 5) is 16.6. The molecular weight excluding hydrogens is 552 g/mol. The smallest absolute Gasteiger partial charge is 0.0120 e. The molecule has 0 unspecified atom stereocenters. The third kappa shape index (κ3) is 10.4. The zero-order chi connectivity index (χ0) is 31.8. The van der Waals surface area contributed by atoms with E-state index in [0.29, 0.717) is 0 Å². The van der Waals surface area contributed by atoms with Crippen LogP contribution < -0.4 is 0 Å². The predicted octanol–water partition coefficient (Wildman–Crippen LogP) is 6.50. The molecule has 6 heteroatoms. The minimum absolute atomic E-state index is 0.729. The van der Waals surface area contributed by atoms with Crippen LogP contribution in [0.3, 0.4) is 0 Å². The Bertz CT molecular complexity index is 786. The van der Waals surface area contributed by atoms with Crippen molar-refractivity contribution in [3.63, 3.8) is 0 Å². The molecule has 6 heterocycles. The van der Waals surface area contributed by atoms with E-state index in [1.807, 2.05) is 0 Å². The minimum Gasteiger partial charge on any atom is -0.301 e. The highest BCUT2D eigenvalue weighted by Crippen LogP contribution is 2.29. The Balaban J connectivity index is 0.000000178. The zero-order valence-corrected chi connectivity index (χ0v) is 31.0. The van der Waals surface area contributed by atoms with Crippen molar-refractivity contribution in [3.8, 4) is 0 Å². The molecule has 0 aromatic rings. The molecule has 0 bridgehead atoms. The second-order valence-corrected chi connectivity index (χ2v) is 16.9. The van der Waals surface area contributed by atoms with Crippen LogP contribution in [0, 0.1) is 11.8 Å². The van der Waals surface area contributed by atoms with Crippen molar-refractivity contribution in [1.82, 2.24) is 29.4 Å². The van der Waals surface area contributed by atoms with Crippen LogP contribution in [-0.2, 0) is 0 Å². The quantitative estimate of drug-likeness (QED) is 0.318. The van der Waals surface area contributed by atoms with Crippen molar-refractivity contribution in [3.05, 3.63) is 0 Å². The maximum absolute atomic E-state index is 2.83. The maximum Gasteiger partial charge on any atom is 0.0120 e. The Labute approximate surface area is 280 Å². The second-order valence-electron chi connectivity index (χ2n) is 16.9. The minimum atomic E-state index is 0.729. The van der Waals surface area contributed by atoms with E-state index in [0.717, 1.165) is 48.1 Å². The lowest BCUT2D eigenvalue weighted by Gasteiger charge is -2.45. The average Bonchev–Trinajstić information content (AvgIpc) is 3.09. The van der Waals surface area contributed by atoms with E-state index < -0.39 is 0 Å². The van der Waals surface area contributed by atoms with Crippen LogP contribution >= 0.6 is 0 Å². The summed E-state index contributed by atoms with van der Waals surface area (Å²) in [5.74, 6) is 1.97. The van der Waals surface area contributed by atoms with Crippen LogP contribution in [0.5, 0.6) is 0 Å². The molecule has 6 fully saturated rings. The predicted molar refractivity (Wildman–Crippen MR) is 193 cm³/mol. The van der Waals surface area contributed by atoms with E-state index in [1.165, 1.54) is 162 Å². The monoisotopic (exact) mass is 629 g/mol. The SMILES string of the molecule is CC1CCN(C2CCN(C3CCN(C(C)C)CC3)CC2)CC1.CCC1CCN(C2CCN(C3CCN(C(C)C)CC3)CC2)CC1. The highest BCUT2D eigenvalue weighted by atomic mass is 15.3. The molecule has 0 atom stereocenters. The van der Waals surface area contributed by atoms with Gasteiger partial charge in [0.05, 0.1) is 0 Å². The van der Waals surface area contributed by atoms with Crippen LogP contribution in [0.4, 0.5) is 0 Å². The average molecular weight is 629 g/mol. The molecule has 0 aliphatic carbocycles. The fraction of sp³-hybridized carbons (Fsp3) is 1.00. The first-order valence-electron chi connectivity index (χ1n) is 20.2. The van der Waals surface area contributed by atoms with Gasteiger partial charge in [-0.2, -0.15) is 0 Å². The number of piperidine rings is 6. The molecule has 0 saturated carbocycles. The van der Waals surface area contributed by atoms with Gasteiger partial charge in [-0.3, -0.25) is 0 Å². The van der Waals surface area contributed by atoms with Gasteiger partial charge < -0.3 is 29.4 Å². The first-order chi connectivity index (χ1) is 21.8. The Morgan fingerprint density at radius 1 is 0.400 bits per heavy atom. The molecule has 6 saturated heterocycles. The Morgan fingerprint density at radius 2 is 0.667 bits per heavy atom. The molecule has 6 rings (SSSR count). The molecule has 0 radical (unpaired) electrons. The van der Waals surface area contributed by atoms with Crippen LogP contribution in [0.25, 0.3) is 0 Å². The van der Waals surface area contributed by atoms with Gasteiger partial charge in [-0.1, -0.05) is 20.3 Å². The maximum atomic E-state index is 2.83. The van der Waals surface area contributed by atoms with E-state index >= 15 is 0 Å². The van der Waals surface area contributed by atoms with Crippen LogP contribution in [0.2, 0.25) is 0 Å². The number of hydrogen-bond acceptors (Lipinski definition) is 6. The van der Waals surface area contributed by atoms with Crippen LogP contribution in [-0.4, -0.2) is 144 Å². The number of hydrogen-bond donors (Lipinski definition) is 0. The van der Waals surface area contributed by atoms with Crippen molar-refractivity contribution in [2.45, 2.75) is 161 Å². The Hall–Kier alpha value is -0.240. The summed E-state index contributed by atoms with van der Waals surface area (Å²) in [7, 11) is 0. The van der Waals surface area contributed by atoms with Crippen molar-refractivity contribution in [2.24, 2.45) is 11.8 Å². The van der Waals surface area contributed by atoms with Gasteiger partial charge >= 0.3 is 0 Å². The van der Waals surface area contributed by atoms with Crippen molar-refractivity contribution in [2.75, 3.05) is 78.5 Å². The normalized spacial score (nSPS) is 29.1. The van der Waals surface area contributed by atoms with Crippen LogP contribution in [0.1, 0.15) is 125 Å². The Morgan fingerprint density at radius 3 is 0.956 bits per heavy atom. The highest BCUT2D eigenvalue weighted by molar-refractivity contribution is 4.89. The summed E-state index contributed by atoms with van der Waals surface area (Å²) in [6.45, 7) is 30.3. The fourth-order valence-electron chi connectivity index (χ4n) is 9.89. The zero-order valence-electron chi connectivity index (χ0n) is 31.0. The molecule has 6 aliphatic rings. The highest BCUT2D eigenvalue weighted by Gasteiger charge is 2.33. The molecule has 0 N–H and O–H groups in total. The molecule has 262 valence electrons. The third-order valence-electron chi connectivity index (χ3n) is 13.6. The molecule has 6 aliphatic heterocycles. The van der Waals surface area contributed by atoms with Crippen molar-refractivity contribution >= 4 is 0 Å². The van der Waals surface area contributed by atoms with E-state index in [1.54, 1.807) is 0 Å². The molecule has 0 amide bonds. The van der Waals surface area contributed by atoms with E-state index in [-0.39, 0.29) is 0 Å². The lowest BCUT2D eigenvalue weighted by Crippen LogP contribution is -2.52. The van der Waals surface area contributed by atoms with Gasteiger partial charge in [0.25, 0.3) is 0 Å². The summed E-state index contributed by atoms with van der Waals surface area (Å²) in [5.41, 5.74) is 0. The standard InChI is InChI=1S/C20H39N3.C19H37N3/c1-4-18-5-11-22(12-6-18)20-9-15-23(16-10-20)19-7-13-21(14-8-19)17(2)3;1-16(2)20-12-6-18(7-13-20)22-14-8-19(9-15-22)21-10-4-17(3)5-11-21/h17-20H,4-16H2,1-3H3;16-19H,4-15H2,1-3H3. The molecule has 0 spiro atoms.